The van der Waals surface area contributed by atoms with Gasteiger partial charge in [0.1, 0.15) is 6.10 Å². The number of hydrogen-bond donors (Lipinski definition) is 3. The smallest absolute Gasteiger partial charge is 0.257 e. The van der Waals surface area contributed by atoms with Gasteiger partial charge in [-0.05, 0) is 37.5 Å². The standard InChI is InChI=1S/C18H27N3O5.ClH/c1-3-20-17(22)11-25-14-6-4-12(8-16(14)24-2)10-21-18(23)15-7-5-13(9-19)26-15;/h4,6,8,13,15H,3,5,7,9-11,19H2,1-2H3,(H,20,22)(H,21,23);1H/t13-,15+;/m1./s1. The number of hydrogen-bond acceptors (Lipinski definition) is 6. The van der Waals surface area contributed by atoms with Crippen molar-refractivity contribution in [3.8, 4) is 11.5 Å². The Bertz CT molecular complexity index is 629. The number of amides is 2. The van der Waals surface area contributed by atoms with Gasteiger partial charge in [-0.3, -0.25) is 9.59 Å². The van der Waals surface area contributed by atoms with Crippen LogP contribution in [0, 0.1) is 0 Å². The van der Waals surface area contributed by atoms with E-state index in [9.17, 15) is 9.59 Å². The molecule has 1 saturated heterocycles. The van der Waals surface area contributed by atoms with Gasteiger partial charge in [-0.2, -0.15) is 0 Å². The Hall–Kier alpha value is -2.03. The first-order valence-corrected chi connectivity index (χ1v) is 8.77. The summed E-state index contributed by atoms with van der Waals surface area (Å²) in [7, 11) is 1.52. The van der Waals surface area contributed by atoms with Gasteiger partial charge in [-0.25, -0.2) is 0 Å². The molecule has 1 heterocycles. The number of carbonyl (C=O) groups excluding carboxylic acids is 2. The van der Waals surface area contributed by atoms with Crippen LogP contribution < -0.4 is 25.8 Å². The maximum absolute atomic E-state index is 12.2. The van der Waals surface area contributed by atoms with E-state index in [-0.39, 0.29) is 36.9 Å². The minimum absolute atomic E-state index is 0. The summed E-state index contributed by atoms with van der Waals surface area (Å²) in [5.41, 5.74) is 6.42. The van der Waals surface area contributed by atoms with E-state index in [0.717, 1.165) is 12.0 Å². The quantitative estimate of drug-likeness (QED) is 0.563. The van der Waals surface area contributed by atoms with E-state index in [1.54, 1.807) is 12.1 Å². The molecule has 0 bridgehead atoms. The molecular weight excluding hydrogens is 374 g/mol. The number of benzene rings is 1. The third kappa shape index (κ3) is 6.89. The molecule has 2 amide bonds. The second kappa shape index (κ2) is 11.6. The molecule has 2 atom stereocenters. The maximum atomic E-state index is 12.2. The first-order valence-electron chi connectivity index (χ1n) is 8.77. The molecule has 0 spiro atoms. The molecule has 0 saturated carbocycles. The normalized spacial score (nSPS) is 18.3. The Balaban J connectivity index is 0.00000364. The second-order valence-corrected chi connectivity index (χ2v) is 6.00. The van der Waals surface area contributed by atoms with E-state index in [4.69, 9.17) is 19.9 Å². The van der Waals surface area contributed by atoms with E-state index in [1.165, 1.54) is 7.11 Å². The lowest BCUT2D eigenvalue weighted by atomic mass is 10.1. The van der Waals surface area contributed by atoms with Crippen LogP contribution in [0.2, 0.25) is 0 Å². The minimum atomic E-state index is -0.440. The van der Waals surface area contributed by atoms with Crippen LogP contribution >= 0.6 is 12.4 Å². The van der Waals surface area contributed by atoms with Crippen LogP contribution in [0.3, 0.4) is 0 Å². The van der Waals surface area contributed by atoms with Crippen molar-refractivity contribution in [2.75, 3.05) is 26.8 Å². The van der Waals surface area contributed by atoms with Gasteiger partial charge in [0, 0.05) is 19.6 Å². The molecule has 9 heteroatoms. The zero-order valence-electron chi connectivity index (χ0n) is 15.7. The molecule has 4 N–H and O–H groups in total. The van der Waals surface area contributed by atoms with Crippen LogP contribution in [-0.4, -0.2) is 50.8 Å². The Morgan fingerprint density at radius 3 is 2.67 bits per heavy atom. The highest BCUT2D eigenvalue weighted by Gasteiger charge is 2.29. The minimum Gasteiger partial charge on any atom is -0.493 e. The molecule has 152 valence electrons. The molecule has 8 nitrogen and oxygen atoms in total. The molecular formula is C18H28ClN3O5. The van der Waals surface area contributed by atoms with Crippen LogP contribution in [0.1, 0.15) is 25.3 Å². The summed E-state index contributed by atoms with van der Waals surface area (Å²) >= 11 is 0. The van der Waals surface area contributed by atoms with E-state index in [0.29, 0.717) is 37.6 Å². The zero-order chi connectivity index (χ0) is 18.9. The van der Waals surface area contributed by atoms with Crippen LogP contribution in [0.4, 0.5) is 0 Å². The Kier molecular flexibility index (Phi) is 9.92. The summed E-state index contributed by atoms with van der Waals surface area (Å²) in [4.78, 5) is 23.7. The summed E-state index contributed by atoms with van der Waals surface area (Å²) in [5, 5.41) is 5.52. The van der Waals surface area contributed by atoms with Crippen molar-refractivity contribution < 1.29 is 23.8 Å². The van der Waals surface area contributed by atoms with Crippen molar-refractivity contribution in [3.63, 3.8) is 0 Å². The number of methoxy groups -OCH3 is 1. The zero-order valence-corrected chi connectivity index (χ0v) is 16.5. The number of carbonyl (C=O) groups is 2. The number of rotatable bonds is 9. The van der Waals surface area contributed by atoms with Crippen LogP contribution in [0.25, 0.3) is 0 Å². The summed E-state index contributed by atoms with van der Waals surface area (Å²) in [6, 6.07) is 5.30. The second-order valence-electron chi connectivity index (χ2n) is 6.00. The lowest BCUT2D eigenvalue weighted by Gasteiger charge is -2.14. The number of halogens is 1. The number of likely N-dealkylation sites (N-methyl/N-ethyl adjacent to an activating group) is 1. The number of nitrogens with two attached hydrogens (primary N) is 1. The molecule has 2 rings (SSSR count). The van der Waals surface area contributed by atoms with Gasteiger partial charge in [0.05, 0.1) is 13.2 Å². The van der Waals surface area contributed by atoms with Gasteiger partial charge in [0.15, 0.2) is 18.1 Å². The average molecular weight is 402 g/mol. The average Bonchev–Trinajstić information content (AvgIpc) is 3.14. The molecule has 0 radical (unpaired) electrons. The largest absolute Gasteiger partial charge is 0.493 e. The fraction of sp³-hybridized carbons (Fsp3) is 0.556. The predicted molar refractivity (Wildman–Crippen MR) is 103 cm³/mol. The summed E-state index contributed by atoms with van der Waals surface area (Å²) < 4.78 is 16.4. The highest BCUT2D eigenvalue weighted by Crippen LogP contribution is 2.28. The van der Waals surface area contributed by atoms with Crippen LogP contribution in [-0.2, 0) is 20.9 Å². The molecule has 1 aliphatic heterocycles. The van der Waals surface area contributed by atoms with Gasteiger partial charge >= 0.3 is 0 Å². The molecule has 1 aromatic rings. The van der Waals surface area contributed by atoms with Crippen LogP contribution in [0.15, 0.2) is 18.2 Å². The molecule has 27 heavy (non-hydrogen) atoms. The van der Waals surface area contributed by atoms with Crippen LogP contribution in [0.5, 0.6) is 11.5 Å². The van der Waals surface area contributed by atoms with E-state index in [1.807, 2.05) is 13.0 Å². The van der Waals surface area contributed by atoms with E-state index in [2.05, 4.69) is 10.6 Å². The lowest BCUT2D eigenvalue weighted by molar-refractivity contribution is -0.132. The fourth-order valence-electron chi connectivity index (χ4n) is 2.71. The first-order chi connectivity index (χ1) is 12.6. The van der Waals surface area contributed by atoms with Gasteiger partial charge in [0.25, 0.3) is 5.91 Å². The number of nitrogens with one attached hydrogen (secondary N) is 2. The SMILES string of the molecule is CCNC(=O)COc1ccc(CNC(=O)[C@@H]2CC[C@H](CN)O2)cc1OC.Cl. The molecule has 0 aliphatic carbocycles. The van der Waals surface area contributed by atoms with Crippen molar-refractivity contribution in [1.82, 2.24) is 10.6 Å². The molecule has 1 aromatic carbocycles. The Morgan fingerprint density at radius 1 is 1.26 bits per heavy atom. The van der Waals surface area contributed by atoms with Gasteiger partial charge in [0.2, 0.25) is 5.91 Å². The number of ether oxygens (including phenoxy) is 3. The first kappa shape index (κ1) is 23.0. The van der Waals surface area contributed by atoms with Crippen molar-refractivity contribution in [2.24, 2.45) is 5.73 Å². The van der Waals surface area contributed by atoms with Crippen molar-refractivity contribution >= 4 is 24.2 Å². The van der Waals surface area contributed by atoms with Gasteiger partial charge < -0.3 is 30.6 Å². The Morgan fingerprint density at radius 2 is 2.04 bits per heavy atom. The monoisotopic (exact) mass is 401 g/mol. The lowest BCUT2D eigenvalue weighted by Crippen LogP contribution is -2.35. The van der Waals surface area contributed by atoms with E-state index < -0.39 is 6.10 Å². The summed E-state index contributed by atoms with van der Waals surface area (Å²) in [6.45, 7) is 3.09. The highest BCUT2D eigenvalue weighted by atomic mass is 35.5. The summed E-state index contributed by atoms with van der Waals surface area (Å²) in [6.07, 6.45) is 1.02. The van der Waals surface area contributed by atoms with Crippen molar-refractivity contribution in [1.29, 1.82) is 0 Å². The van der Waals surface area contributed by atoms with Crippen molar-refractivity contribution in [2.45, 2.75) is 38.5 Å². The fourth-order valence-corrected chi connectivity index (χ4v) is 2.71. The Labute approximate surface area is 165 Å². The third-order valence-corrected chi connectivity index (χ3v) is 4.09. The third-order valence-electron chi connectivity index (χ3n) is 4.09. The van der Waals surface area contributed by atoms with E-state index >= 15 is 0 Å². The van der Waals surface area contributed by atoms with Gasteiger partial charge in [-0.15, -0.1) is 12.4 Å². The maximum Gasteiger partial charge on any atom is 0.257 e. The summed E-state index contributed by atoms with van der Waals surface area (Å²) in [5.74, 6) is 0.634. The molecule has 0 aromatic heterocycles. The molecule has 0 unspecified atom stereocenters. The predicted octanol–water partition coefficient (Wildman–Crippen LogP) is 0.754. The topological polar surface area (TPSA) is 112 Å². The molecule has 1 fully saturated rings. The molecule has 1 aliphatic rings. The highest BCUT2D eigenvalue weighted by molar-refractivity contribution is 5.85. The van der Waals surface area contributed by atoms with Gasteiger partial charge in [-0.1, -0.05) is 6.07 Å². The van der Waals surface area contributed by atoms with Crippen molar-refractivity contribution in [3.05, 3.63) is 23.8 Å².